The van der Waals surface area contributed by atoms with Crippen LogP contribution in [0.5, 0.6) is 0 Å². The zero-order chi connectivity index (χ0) is 13.5. The van der Waals surface area contributed by atoms with Gasteiger partial charge in [-0.1, -0.05) is 6.92 Å². The van der Waals surface area contributed by atoms with E-state index in [9.17, 15) is 8.42 Å². The van der Waals surface area contributed by atoms with Crippen LogP contribution in [0.4, 0.5) is 0 Å². The van der Waals surface area contributed by atoms with Crippen LogP contribution in [0.3, 0.4) is 0 Å². The molecule has 0 amide bonds. The molecule has 0 spiro atoms. The lowest BCUT2D eigenvalue weighted by molar-refractivity contribution is 0.239. The van der Waals surface area contributed by atoms with E-state index in [0.29, 0.717) is 12.3 Å². The maximum atomic E-state index is 12.2. The van der Waals surface area contributed by atoms with Crippen molar-refractivity contribution in [3.05, 3.63) is 5.69 Å². The molecule has 3 unspecified atom stereocenters. The molecule has 19 heavy (non-hydrogen) atoms. The standard InChI is InChI=1S/C12H19N3O2S2/c1-2-5-19(16,17)12-11(13-18-14-12)10-6-9-3-4-15(7-9)8-10/h9-10H,2-8H2,1H3. The highest BCUT2D eigenvalue weighted by Gasteiger charge is 2.37. The molecule has 3 rings (SSSR count). The van der Waals surface area contributed by atoms with Gasteiger partial charge in [-0.2, -0.15) is 8.75 Å². The van der Waals surface area contributed by atoms with Crippen molar-refractivity contribution in [3.8, 4) is 0 Å². The summed E-state index contributed by atoms with van der Waals surface area (Å²) in [7, 11) is -3.24. The van der Waals surface area contributed by atoms with Crippen LogP contribution >= 0.6 is 11.7 Å². The highest BCUT2D eigenvalue weighted by molar-refractivity contribution is 7.91. The van der Waals surface area contributed by atoms with Crippen molar-refractivity contribution >= 4 is 21.6 Å². The van der Waals surface area contributed by atoms with E-state index < -0.39 is 9.84 Å². The van der Waals surface area contributed by atoms with Gasteiger partial charge >= 0.3 is 0 Å². The lowest BCUT2D eigenvalue weighted by Crippen LogP contribution is -2.32. The third-order valence-electron chi connectivity index (χ3n) is 4.10. The van der Waals surface area contributed by atoms with Crippen LogP contribution in [0.25, 0.3) is 0 Å². The molecule has 0 saturated carbocycles. The minimum absolute atomic E-state index is 0.172. The van der Waals surface area contributed by atoms with Crippen molar-refractivity contribution in [3.63, 3.8) is 0 Å². The van der Waals surface area contributed by atoms with Gasteiger partial charge in [0.25, 0.3) is 0 Å². The summed E-state index contributed by atoms with van der Waals surface area (Å²) in [4.78, 5) is 2.42. The second kappa shape index (κ2) is 5.10. The van der Waals surface area contributed by atoms with Crippen molar-refractivity contribution in [1.82, 2.24) is 13.6 Å². The van der Waals surface area contributed by atoms with E-state index in [0.717, 1.165) is 36.9 Å². The first kappa shape index (κ1) is 13.5. The van der Waals surface area contributed by atoms with E-state index in [1.807, 2.05) is 6.92 Å². The molecule has 106 valence electrons. The summed E-state index contributed by atoms with van der Waals surface area (Å²) in [5, 5.41) is 0.256. The molecule has 2 fully saturated rings. The number of hydrogen-bond donors (Lipinski definition) is 0. The van der Waals surface area contributed by atoms with Crippen LogP contribution in [0.1, 0.15) is 37.8 Å². The Morgan fingerprint density at radius 1 is 1.37 bits per heavy atom. The predicted octanol–water partition coefficient (Wildman–Crippen LogP) is 1.53. The van der Waals surface area contributed by atoms with Crippen LogP contribution in [0, 0.1) is 5.92 Å². The molecule has 0 radical (unpaired) electrons. The number of piperidine rings is 1. The third kappa shape index (κ3) is 2.55. The second-order valence-electron chi connectivity index (χ2n) is 5.62. The topological polar surface area (TPSA) is 63.2 Å². The lowest BCUT2D eigenvalue weighted by atomic mass is 9.89. The van der Waals surface area contributed by atoms with Gasteiger partial charge < -0.3 is 4.90 Å². The fraction of sp³-hybridized carbons (Fsp3) is 0.833. The summed E-state index contributed by atoms with van der Waals surface area (Å²) >= 11 is 1.04. The molecule has 7 heteroatoms. The highest BCUT2D eigenvalue weighted by atomic mass is 32.2. The molecule has 2 aliphatic rings. The van der Waals surface area contributed by atoms with Crippen molar-refractivity contribution in [2.24, 2.45) is 5.92 Å². The summed E-state index contributed by atoms with van der Waals surface area (Å²) in [5.74, 6) is 1.13. The van der Waals surface area contributed by atoms with Gasteiger partial charge in [0, 0.05) is 19.0 Å². The summed E-state index contributed by atoms with van der Waals surface area (Å²) < 4.78 is 32.8. The maximum absolute atomic E-state index is 12.2. The summed E-state index contributed by atoms with van der Waals surface area (Å²) in [5.41, 5.74) is 0.732. The van der Waals surface area contributed by atoms with E-state index in [1.54, 1.807) is 0 Å². The molecule has 2 aliphatic heterocycles. The summed E-state index contributed by atoms with van der Waals surface area (Å²) in [6.45, 7) is 5.14. The SMILES string of the molecule is CCCS(=O)(=O)c1nsnc1C1CC2CCN(C2)C1. The minimum atomic E-state index is -3.24. The Bertz CT molecular complexity index is 543. The Labute approximate surface area is 118 Å². The second-order valence-corrected chi connectivity index (χ2v) is 8.17. The van der Waals surface area contributed by atoms with Gasteiger partial charge in [0.15, 0.2) is 14.9 Å². The largest absolute Gasteiger partial charge is 0.302 e. The average molecular weight is 301 g/mol. The van der Waals surface area contributed by atoms with Crippen molar-refractivity contribution < 1.29 is 8.42 Å². The molecule has 1 aromatic rings. The molecule has 3 heterocycles. The van der Waals surface area contributed by atoms with E-state index in [2.05, 4.69) is 13.6 Å². The minimum Gasteiger partial charge on any atom is -0.302 e. The predicted molar refractivity (Wildman–Crippen MR) is 74.2 cm³/mol. The molecule has 2 bridgehead atoms. The van der Waals surface area contributed by atoms with Gasteiger partial charge in [-0.05, 0) is 31.7 Å². The molecule has 1 aromatic heterocycles. The van der Waals surface area contributed by atoms with Gasteiger partial charge in [-0.3, -0.25) is 0 Å². The number of aromatic nitrogens is 2. The quantitative estimate of drug-likeness (QED) is 0.844. The number of fused-ring (bicyclic) bond motifs is 2. The monoisotopic (exact) mass is 301 g/mol. The normalized spacial score (nSPS) is 30.7. The zero-order valence-electron chi connectivity index (χ0n) is 11.1. The smallest absolute Gasteiger partial charge is 0.198 e. The third-order valence-corrected chi connectivity index (χ3v) is 6.60. The molecular formula is C12H19N3O2S2. The zero-order valence-corrected chi connectivity index (χ0v) is 12.7. The van der Waals surface area contributed by atoms with E-state index in [-0.39, 0.29) is 16.7 Å². The Morgan fingerprint density at radius 2 is 2.21 bits per heavy atom. The Kier molecular flexibility index (Phi) is 3.61. The molecular weight excluding hydrogens is 282 g/mol. The van der Waals surface area contributed by atoms with Gasteiger partial charge in [0.1, 0.15) is 0 Å². The Hall–Kier alpha value is -0.530. The van der Waals surface area contributed by atoms with Gasteiger partial charge in [-0.15, -0.1) is 0 Å². The van der Waals surface area contributed by atoms with Crippen molar-refractivity contribution in [1.29, 1.82) is 0 Å². The number of nitrogens with zero attached hydrogens (tertiary/aromatic N) is 3. The molecule has 0 N–H and O–H groups in total. The first-order valence-electron chi connectivity index (χ1n) is 6.87. The van der Waals surface area contributed by atoms with Crippen LogP contribution in [-0.2, 0) is 9.84 Å². The molecule has 5 nitrogen and oxygen atoms in total. The Balaban J connectivity index is 1.88. The van der Waals surface area contributed by atoms with Crippen LogP contribution in [0.2, 0.25) is 0 Å². The van der Waals surface area contributed by atoms with Gasteiger partial charge in [0.05, 0.1) is 23.2 Å². The van der Waals surface area contributed by atoms with Crippen molar-refractivity contribution in [2.45, 2.75) is 37.1 Å². The van der Waals surface area contributed by atoms with E-state index in [1.165, 1.54) is 13.0 Å². The lowest BCUT2D eigenvalue weighted by Gasteiger charge is -2.29. The van der Waals surface area contributed by atoms with Gasteiger partial charge in [-0.25, -0.2) is 8.42 Å². The molecule has 2 saturated heterocycles. The average Bonchev–Trinajstić information content (AvgIpc) is 2.96. The fourth-order valence-electron chi connectivity index (χ4n) is 3.28. The van der Waals surface area contributed by atoms with Gasteiger partial charge in [0.2, 0.25) is 0 Å². The van der Waals surface area contributed by atoms with Crippen LogP contribution in [-0.4, -0.2) is 47.5 Å². The Morgan fingerprint density at radius 3 is 2.95 bits per heavy atom. The summed E-state index contributed by atoms with van der Waals surface area (Å²) in [6, 6.07) is 0. The van der Waals surface area contributed by atoms with Crippen LogP contribution < -0.4 is 0 Å². The maximum Gasteiger partial charge on any atom is 0.198 e. The van der Waals surface area contributed by atoms with Crippen LogP contribution in [0.15, 0.2) is 5.03 Å². The first-order chi connectivity index (χ1) is 9.10. The van der Waals surface area contributed by atoms with E-state index in [4.69, 9.17) is 0 Å². The first-order valence-corrected chi connectivity index (χ1v) is 9.26. The number of hydrogen-bond acceptors (Lipinski definition) is 6. The number of rotatable bonds is 4. The van der Waals surface area contributed by atoms with E-state index >= 15 is 0 Å². The van der Waals surface area contributed by atoms with Crippen molar-refractivity contribution in [2.75, 3.05) is 25.4 Å². The molecule has 0 aliphatic carbocycles. The number of sulfone groups is 1. The fourth-order valence-corrected chi connectivity index (χ4v) is 5.68. The highest BCUT2D eigenvalue weighted by Crippen LogP contribution is 2.37. The molecule has 3 atom stereocenters. The molecule has 0 aromatic carbocycles. The summed E-state index contributed by atoms with van der Waals surface area (Å²) in [6.07, 6.45) is 2.93.